The third-order valence-corrected chi connectivity index (χ3v) is 3.93. The number of benzene rings is 1. The molecule has 1 aromatic carbocycles. The first-order chi connectivity index (χ1) is 9.31. The molecule has 1 atom stereocenters. The van der Waals surface area contributed by atoms with E-state index in [0.29, 0.717) is 11.8 Å². The Hall–Kier alpha value is -1.68. The smallest absolute Gasteiger partial charge is 0.243 e. The molecule has 0 saturated carbocycles. The molecule has 2 aromatic rings. The first-order valence-electron chi connectivity index (χ1n) is 6.89. The van der Waals surface area contributed by atoms with Gasteiger partial charge in [-0.05, 0) is 37.4 Å². The fourth-order valence-corrected chi connectivity index (χ4v) is 2.80. The van der Waals surface area contributed by atoms with Crippen LogP contribution in [0.15, 0.2) is 28.8 Å². The Labute approximate surface area is 113 Å². The van der Waals surface area contributed by atoms with Gasteiger partial charge in [0.25, 0.3) is 0 Å². The number of hydrogen-bond acceptors (Lipinski definition) is 4. The molecule has 0 fully saturated rings. The van der Waals surface area contributed by atoms with Gasteiger partial charge in [0.2, 0.25) is 5.89 Å². The average Bonchev–Trinajstić information content (AvgIpc) is 3.06. The predicted octanol–water partition coefficient (Wildman–Crippen LogP) is 2.62. The van der Waals surface area contributed by atoms with Gasteiger partial charge >= 0.3 is 0 Å². The van der Waals surface area contributed by atoms with Gasteiger partial charge < -0.3 is 9.84 Å². The summed E-state index contributed by atoms with van der Waals surface area (Å²) < 4.78 is 5.40. The number of rotatable bonds is 4. The van der Waals surface area contributed by atoms with E-state index in [1.165, 1.54) is 11.1 Å². The Morgan fingerprint density at radius 2 is 2.00 bits per heavy atom. The lowest BCUT2D eigenvalue weighted by Crippen LogP contribution is -2.15. The van der Waals surface area contributed by atoms with E-state index in [1.54, 1.807) is 0 Å². The van der Waals surface area contributed by atoms with E-state index in [-0.39, 0.29) is 6.04 Å². The summed E-state index contributed by atoms with van der Waals surface area (Å²) >= 11 is 0. The van der Waals surface area contributed by atoms with Crippen LogP contribution in [0.4, 0.5) is 0 Å². The van der Waals surface area contributed by atoms with Crippen molar-refractivity contribution in [2.45, 2.75) is 38.1 Å². The summed E-state index contributed by atoms with van der Waals surface area (Å²) in [4.78, 5) is 4.58. The zero-order valence-electron chi connectivity index (χ0n) is 11.4. The van der Waals surface area contributed by atoms with Crippen LogP contribution in [-0.2, 0) is 12.8 Å². The van der Waals surface area contributed by atoms with E-state index in [9.17, 15) is 0 Å². The molecule has 0 saturated heterocycles. The molecular formula is C15H19N3O. The van der Waals surface area contributed by atoms with Gasteiger partial charge in [-0.25, -0.2) is 0 Å². The Morgan fingerprint density at radius 1 is 1.32 bits per heavy atom. The molecule has 1 aliphatic rings. The lowest BCUT2D eigenvalue weighted by Gasteiger charge is -2.07. The Bertz CT molecular complexity index is 535. The maximum atomic E-state index is 5.40. The normalized spacial score (nSPS) is 16.5. The van der Waals surface area contributed by atoms with E-state index >= 15 is 0 Å². The summed E-state index contributed by atoms with van der Waals surface area (Å²) in [6.07, 6.45) is 2.99. The minimum absolute atomic E-state index is 0.157. The molecule has 0 amide bonds. The number of hydrogen-bond donors (Lipinski definition) is 1. The maximum Gasteiger partial charge on any atom is 0.243 e. The highest BCUT2D eigenvalue weighted by Crippen LogP contribution is 2.32. The molecule has 19 heavy (non-hydrogen) atoms. The van der Waals surface area contributed by atoms with Crippen LogP contribution in [0.5, 0.6) is 0 Å². The SMILES string of the molecule is CCC(NC)c1nc(C2Cc3ccccc3C2)no1. The highest BCUT2D eigenvalue weighted by Gasteiger charge is 2.27. The second-order valence-corrected chi connectivity index (χ2v) is 5.11. The zero-order chi connectivity index (χ0) is 13.2. The van der Waals surface area contributed by atoms with Crippen LogP contribution in [0.2, 0.25) is 0 Å². The minimum Gasteiger partial charge on any atom is -0.338 e. The van der Waals surface area contributed by atoms with E-state index in [1.807, 2.05) is 7.05 Å². The average molecular weight is 257 g/mol. The highest BCUT2D eigenvalue weighted by atomic mass is 16.5. The van der Waals surface area contributed by atoms with Crippen molar-refractivity contribution in [3.05, 3.63) is 47.1 Å². The molecule has 3 rings (SSSR count). The Morgan fingerprint density at radius 3 is 2.58 bits per heavy atom. The van der Waals surface area contributed by atoms with E-state index in [0.717, 1.165) is 25.1 Å². The van der Waals surface area contributed by atoms with Gasteiger partial charge in [-0.1, -0.05) is 36.3 Å². The molecule has 1 aliphatic carbocycles. The largest absolute Gasteiger partial charge is 0.338 e. The molecule has 0 spiro atoms. The van der Waals surface area contributed by atoms with Crippen LogP contribution < -0.4 is 5.32 Å². The highest BCUT2D eigenvalue weighted by molar-refractivity contribution is 5.34. The van der Waals surface area contributed by atoms with Crippen molar-refractivity contribution in [1.29, 1.82) is 0 Å². The van der Waals surface area contributed by atoms with Crippen molar-refractivity contribution in [2.24, 2.45) is 0 Å². The monoisotopic (exact) mass is 257 g/mol. The molecule has 1 N–H and O–H groups in total. The van der Waals surface area contributed by atoms with Crippen LogP contribution in [0.3, 0.4) is 0 Å². The first kappa shape index (κ1) is 12.4. The predicted molar refractivity (Wildman–Crippen MR) is 73.0 cm³/mol. The maximum absolute atomic E-state index is 5.40. The summed E-state index contributed by atoms with van der Waals surface area (Å²) in [6, 6.07) is 8.73. The van der Waals surface area contributed by atoms with E-state index in [4.69, 9.17) is 4.52 Å². The van der Waals surface area contributed by atoms with Crippen LogP contribution in [0.1, 0.15) is 48.1 Å². The lowest BCUT2D eigenvalue weighted by molar-refractivity contribution is 0.329. The van der Waals surface area contributed by atoms with Crippen molar-refractivity contribution in [3.63, 3.8) is 0 Å². The van der Waals surface area contributed by atoms with Gasteiger partial charge in [-0.15, -0.1) is 0 Å². The van der Waals surface area contributed by atoms with E-state index in [2.05, 4.69) is 46.6 Å². The van der Waals surface area contributed by atoms with Gasteiger partial charge in [0, 0.05) is 5.92 Å². The fraction of sp³-hybridized carbons (Fsp3) is 0.467. The summed E-state index contributed by atoms with van der Waals surface area (Å²) in [5.41, 5.74) is 2.83. The summed E-state index contributed by atoms with van der Waals surface area (Å²) in [6.45, 7) is 2.11. The van der Waals surface area contributed by atoms with Crippen molar-refractivity contribution >= 4 is 0 Å². The zero-order valence-corrected chi connectivity index (χ0v) is 11.4. The molecule has 1 aromatic heterocycles. The second-order valence-electron chi connectivity index (χ2n) is 5.11. The summed E-state index contributed by atoms with van der Waals surface area (Å²) in [5, 5.41) is 7.36. The third kappa shape index (κ3) is 2.28. The molecule has 4 heteroatoms. The standard InChI is InChI=1S/C15H19N3O/c1-3-13(16-2)15-17-14(18-19-15)12-8-10-6-4-5-7-11(10)9-12/h4-7,12-13,16H,3,8-9H2,1-2H3. The molecule has 0 bridgehead atoms. The van der Waals surface area contributed by atoms with Crippen molar-refractivity contribution < 1.29 is 4.52 Å². The second kappa shape index (κ2) is 5.13. The number of nitrogens with one attached hydrogen (secondary N) is 1. The van der Waals surface area contributed by atoms with Gasteiger partial charge in [0.05, 0.1) is 6.04 Å². The Balaban J connectivity index is 1.79. The summed E-state index contributed by atoms with van der Waals surface area (Å²) in [7, 11) is 1.92. The topological polar surface area (TPSA) is 51.0 Å². The van der Waals surface area contributed by atoms with Crippen LogP contribution in [0.25, 0.3) is 0 Å². The molecule has 0 radical (unpaired) electrons. The van der Waals surface area contributed by atoms with Gasteiger partial charge in [-0.2, -0.15) is 4.98 Å². The van der Waals surface area contributed by atoms with Crippen molar-refractivity contribution in [3.8, 4) is 0 Å². The van der Waals surface area contributed by atoms with Gasteiger partial charge in [0.1, 0.15) is 0 Å². The van der Waals surface area contributed by atoms with Crippen LogP contribution >= 0.6 is 0 Å². The molecule has 1 heterocycles. The first-order valence-corrected chi connectivity index (χ1v) is 6.89. The number of aromatic nitrogens is 2. The van der Waals surface area contributed by atoms with Crippen molar-refractivity contribution in [1.82, 2.24) is 15.5 Å². The molecule has 4 nitrogen and oxygen atoms in total. The number of nitrogens with zero attached hydrogens (tertiary/aromatic N) is 2. The number of fused-ring (bicyclic) bond motifs is 1. The fourth-order valence-electron chi connectivity index (χ4n) is 2.80. The molecular weight excluding hydrogens is 238 g/mol. The minimum atomic E-state index is 0.157. The lowest BCUT2D eigenvalue weighted by atomic mass is 10.1. The van der Waals surface area contributed by atoms with Crippen LogP contribution in [0, 0.1) is 0 Å². The molecule has 1 unspecified atom stereocenters. The van der Waals surface area contributed by atoms with Gasteiger partial charge in [0.15, 0.2) is 5.82 Å². The summed E-state index contributed by atoms with van der Waals surface area (Å²) in [5.74, 6) is 1.92. The quantitative estimate of drug-likeness (QED) is 0.914. The Kier molecular flexibility index (Phi) is 3.34. The van der Waals surface area contributed by atoms with Crippen LogP contribution in [-0.4, -0.2) is 17.2 Å². The molecule has 100 valence electrons. The van der Waals surface area contributed by atoms with E-state index < -0.39 is 0 Å². The molecule has 0 aliphatic heterocycles. The van der Waals surface area contributed by atoms with Crippen molar-refractivity contribution in [2.75, 3.05) is 7.05 Å². The van der Waals surface area contributed by atoms with Gasteiger partial charge in [-0.3, -0.25) is 0 Å². The third-order valence-electron chi connectivity index (χ3n) is 3.93.